The Hall–Kier alpha value is -2.57. The van der Waals surface area contributed by atoms with E-state index in [4.69, 9.17) is 14.2 Å². The highest BCUT2D eigenvalue weighted by molar-refractivity contribution is 5.99. The van der Waals surface area contributed by atoms with Crippen molar-refractivity contribution >= 4 is 11.6 Å². The average molecular weight is 451 g/mol. The lowest BCUT2D eigenvalue weighted by Gasteiger charge is -2.39. The van der Waals surface area contributed by atoms with E-state index in [1.54, 1.807) is 0 Å². The van der Waals surface area contributed by atoms with Crippen LogP contribution >= 0.6 is 0 Å². The molecule has 6 heteroatoms. The van der Waals surface area contributed by atoms with Crippen molar-refractivity contribution in [3.63, 3.8) is 0 Å². The van der Waals surface area contributed by atoms with Gasteiger partial charge < -0.3 is 24.4 Å². The van der Waals surface area contributed by atoms with Crippen molar-refractivity contribution in [3.05, 3.63) is 53.6 Å². The first-order valence-electron chi connectivity index (χ1n) is 12.2. The number of carbonyl (C=O) groups excluding carboxylic acids is 1. The molecule has 2 aromatic carbocycles. The maximum atomic E-state index is 13.1. The van der Waals surface area contributed by atoms with Crippen LogP contribution in [0.5, 0.6) is 11.5 Å². The van der Waals surface area contributed by atoms with Gasteiger partial charge in [-0.25, -0.2) is 0 Å². The van der Waals surface area contributed by atoms with Crippen LogP contribution in [0.25, 0.3) is 0 Å². The van der Waals surface area contributed by atoms with E-state index in [1.165, 1.54) is 18.4 Å². The van der Waals surface area contributed by atoms with Gasteiger partial charge in [-0.05, 0) is 73.6 Å². The molecule has 3 fully saturated rings. The lowest BCUT2D eigenvalue weighted by Crippen LogP contribution is -2.58. The van der Waals surface area contributed by atoms with Crippen molar-refractivity contribution in [1.82, 2.24) is 5.32 Å². The molecule has 1 N–H and O–H groups in total. The van der Waals surface area contributed by atoms with E-state index in [-0.39, 0.29) is 11.4 Å². The van der Waals surface area contributed by atoms with Crippen LogP contribution in [0.2, 0.25) is 0 Å². The third kappa shape index (κ3) is 5.02. The van der Waals surface area contributed by atoms with Crippen molar-refractivity contribution in [2.45, 2.75) is 57.1 Å². The lowest BCUT2D eigenvalue weighted by molar-refractivity contribution is -0.122. The fourth-order valence-corrected chi connectivity index (χ4v) is 4.59. The van der Waals surface area contributed by atoms with Crippen LogP contribution < -0.4 is 19.7 Å². The van der Waals surface area contributed by atoms with Crippen LogP contribution in [-0.4, -0.2) is 50.5 Å². The molecule has 1 saturated carbocycles. The molecular weight excluding hydrogens is 416 g/mol. The third-order valence-corrected chi connectivity index (χ3v) is 6.85. The van der Waals surface area contributed by atoms with Gasteiger partial charge >= 0.3 is 0 Å². The minimum Gasteiger partial charge on any atom is -0.492 e. The third-order valence-electron chi connectivity index (χ3n) is 6.85. The Morgan fingerprint density at radius 1 is 1.12 bits per heavy atom. The van der Waals surface area contributed by atoms with Crippen molar-refractivity contribution in [2.24, 2.45) is 0 Å². The zero-order valence-corrected chi connectivity index (χ0v) is 19.6. The van der Waals surface area contributed by atoms with Gasteiger partial charge in [-0.2, -0.15) is 0 Å². The second-order valence-electron chi connectivity index (χ2n) is 9.70. The van der Waals surface area contributed by atoms with Gasteiger partial charge in [0.05, 0.1) is 18.8 Å². The highest BCUT2D eigenvalue weighted by atomic mass is 16.5. The number of hydrogen-bond acceptors (Lipinski definition) is 5. The van der Waals surface area contributed by atoms with E-state index >= 15 is 0 Å². The molecule has 0 unspecified atom stereocenters. The molecule has 0 bridgehead atoms. The monoisotopic (exact) mass is 450 g/mol. The van der Waals surface area contributed by atoms with Gasteiger partial charge in [0.1, 0.15) is 18.1 Å². The molecule has 3 aliphatic rings. The number of rotatable bonds is 10. The van der Waals surface area contributed by atoms with Crippen molar-refractivity contribution < 1.29 is 19.0 Å². The summed E-state index contributed by atoms with van der Waals surface area (Å²) in [5.74, 6) is 2.40. The largest absolute Gasteiger partial charge is 0.492 e. The lowest BCUT2D eigenvalue weighted by atomic mass is 10.0. The topological polar surface area (TPSA) is 60.0 Å². The first kappa shape index (κ1) is 22.2. The smallest absolute Gasteiger partial charge is 0.268 e. The Bertz CT molecular complexity index is 982. The fraction of sp³-hybridized carbons (Fsp3) is 0.519. The summed E-state index contributed by atoms with van der Waals surface area (Å²) < 4.78 is 17.4. The summed E-state index contributed by atoms with van der Waals surface area (Å²) in [5.41, 5.74) is 3.47. The van der Waals surface area contributed by atoms with Crippen LogP contribution in [0.3, 0.4) is 0 Å². The molecule has 2 saturated heterocycles. The van der Waals surface area contributed by atoms with E-state index in [0.29, 0.717) is 19.6 Å². The van der Waals surface area contributed by atoms with Gasteiger partial charge in [-0.3, -0.25) is 4.79 Å². The molecule has 176 valence electrons. The molecule has 1 atom stereocenters. The number of ether oxygens (including phenoxy) is 3. The quantitative estimate of drug-likeness (QED) is 0.553. The normalized spacial score (nSPS) is 21.7. The van der Waals surface area contributed by atoms with Crippen LogP contribution in [0, 0.1) is 0 Å². The Morgan fingerprint density at radius 2 is 1.91 bits per heavy atom. The number of benzene rings is 2. The highest BCUT2D eigenvalue weighted by Gasteiger charge is 2.35. The van der Waals surface area contributed by atoms with Gasteiger partial charge in [0.2, 0.25) is 0 Å². The molecule has 0 aromatic heterocycles. The van der Waals surface area contributed by atoms with Crippen LogP contribution in [0.15, 0.2) is 42.5 Å². The van der Waals surface area contributed by atoms with Crippen LogP contribution in [-0.2, 0) is 16.0 Å². The minimum absolute atomic E-state index is 0.0251. The summed E-state index contributed by atoms with van der Waals surface area (Å²) in [7, 11) is 0. The molecule has 0 spiro atoms. The Labute approximate surface area is 196 Å². The molecule has 33 heavy (non-hydrogen) atoms. The summed E-state index contributed by atoms with van der Waals surface area (Å²) in [4.78, 5) is 14.9. The number of amides is 1. The van der Waals surface area contributed by atoms with Gasteiger partial charge in [0.25, 0.3) is 5.91 Å². The van der Waals surface area contributed by atoms with Gasteiger partial charge in [-0.15, -0.1) is 0 Å². The highest BCUT2D eigenvalue weighted by Crippen LogP contribution is 2.40. The molecule has 1 aliphatic carbocycles. The average Bonchev–Trinajstić information content (AvgIpc) is 3.60. The zero-order chi connectivity index (χ0) is 22.8. The number of nitrogens with zero attached hydrogens (tertiary/aromatic N) is 1. The predicted octanol–water partition coefficient (Wildman–Crippen LogP) is 4.07. The van der Waals surface area contributed by atoms with Crippen molar-refractivity contribution in [2.75, 3.05) is 37.8 Å². The van der Waals surface area contributed by atoms with E-state index in [9.17, 15) is 4.79 Å². The molecule has 6 nitrogen and oxygen atoms in total. The Kier molecular flexibility index (Phi) is 6.30. The Morgan fingerprint density at radius 3 is 2.58 bits per heavy atom. The number of carbonyl (C=O) groups is 1. The first-order chi connectivity index (χ1) is 16.0. The maximum Gasteiger partial charge on any atom is 0.268 e. The second kappa shape index (κ2) is 9.35. The summed E-state index contributed by atoms with van der Waals surface area (Å²) in [5, 5.41) is 3.48. The molecular formula is C27H34N2O4. The molecule has 0 radical (unpaired) electrons. The van der Waals surface area contributed by atoms with Gasteiger partial charge in [0.15, 0.2) is 6.10 Å². The van der Waals surface area contributed by atoms with Gasteiger partial charge in [0, 0.05) is 25.2 Å². The van der Waals surface area contributed by atoms with E-state index < -0.39 is 6.10 Å². The SMILES string of the molecule is CCc1cc(N2CC[C@H](Oc3ccc(C4CC4)cc3)C2=O)ccc1OCCNC1(C)COC1. The molecule has 2 aliphatic heterocycles. The summed E-state index contributed by atoms with van der Waals surface area (Å²) in [6, 6.07) is 14.3. The van der Waals surface area contributed by atoms with Gasteiger partial charge in [-0.1, -0.05) is 19.1 Å². The fourth-order valence-electron chi connectivity index (χ4n) is 4.59. The molecule has 2 heterocycles. The summed E-state index contributed by atoms with van der Waals surface area (Å²) in [6.45, 7) is 7.81. The number of hydrogen-bond donors (Lipinski definition) is 1. The standard InChI is InChI=1S/C27H34N2O4/c1-3-19-16-22(8-11-24(19)32-15-13-28-27(2)17-31-18-27)29-14-12-25(26(29)30)33-23-9-6-21(7-10-23)20-4-5-20/h6-11,16,20,25,28H,3-5,12-15,17-18H2,1-2H3/t25-/m0/s1. The molecule has 5 rings (SSSR count). The predicted molar refractivity (Wildman–Crippen MR) is 128 cm³/mol. The van der Waals surface area contributed by atoms with Crippen LogP contribution in [0.4, 0.5) is 5.69 Å². The molecule has 2 aromatic rings. The van der Waals surface area contributed by atoms with E-state index in [0.717, 1.165) is 54.8 Å². The van der Waals surface area contributed by atoms with Crippen molar-refractivity contribution in [3.8, 4) is 11.5 Å². The van der Waals surface area contributed by atoms with Crippen molar-refractivity contribution in [1.29, 1.82) is 0 Å². The maximum absolute atomic E-state index is 13.1. The number of anilines is 1. The zero-order valence-electron chi connectivity index (χ0n) is 19.6. The number of aryl methyl sites for hydroxylation is 1. The number of nitrogens with one attached hydrogen (secondary N) is 1. The Balaban J connectivity index is 1.17. The summed E-state index contributed by atoms with van der Waals surface area (Å²) >= 11 is 0. The van der Waals surface area contributed by atoms with E-state index in [1.807, 2.05) is 29.2 Å². The van der Waals surface area contributed by atoms with Crippen LogP contribution in [0.1, 0.15) is 50.2 Å². The summed E-state index contributed by atoms with van der Waals surface area (Å²) in [6.07, 6.45) is 3.67. The molecule has 1 amide bonds. The van der Waals surface area contributed by atoms with E-state index in [2.05, 4.69) is 37.4 Å². The minimum atomic E-state index is -0.430. The first-order valence-corrected chi connectivity index (χ1v) is 12.2. The second-order valence-corrected chi connectivity index (χ2v) is 9.70.